The highest BCUT2D eigenvalue weighted by molar-refractivity contribution is 9.11. The summed E-state index contributed by atoms with van der Waals surface area (Å²) in [5.41, 5.74) is 1.12. The summed E-state index contributed by atoms with van der Waals surface area (Å²) in [4.78, 5) is 0. The van der Waals surface area contributed by atoms with Gasteiger partial charge in [-0.2, -0.15) is 24.3 Å². The summed E-state index contributed by atoms with van der Waals surface area (Å²) in [5, 5.41) is 54.7. The van der Waals surface area contributed by atoms with E-state index in [4.69, 9.17) is 0 Å². The lowest BCUT2D eigenvalue weighted by Crippen LogP contribution is -2.27. The van der Waals surface area contributed by atoms with Crippen molar-refractivity contribution in [3.05, 3.63) is 65.5 Å². The topological polar surface area (TPSA) is 152 Å². The van der Waals surface area contributed by atoms with Crippen molar-refractivity contribution in [3.63, 3.8) is 0 Å². The van der Waals surface area contributed by atoms with Gasteiger partial charge in [0.05, 0.1) is 90.3 Å². The first-order valence-corrected chi connectivity index (χ1v) is 20.1. The lowest BCUT2D eigenvalue weighted by atomic mass is 10.1. The molecular weight excluding hydrogens is 943 g/mol. The van der Waals surface area contributed by atoms with Crippen LogP contribution in [0.1, 0.15) is 78.2 Å². The van der Waals surface area contributed by atoms with Gasteiger partial charge in [-0.3, -0.25) is 18.7 Å². The molecule has 0 aliphatic carbocycles. The largest absolute Gasteiger partial charge is 0.389 e. The zero-order valence-corrected chi connectivity index (χ0v) is 39.0. The summed E-state index contributed by atoms with van der Waals surface area (Å²) in [5.74, 6) is 0. The van der Waals surface area contributed by atoms with E-state index in [-0.39, 0.29) is 12.1 Å². The van der Waals surface area contributed by atoms with Gasteiger partial charge in [-0.1, -0.05) is 0 Å². The predicted octanol–water partition coefficient (Wildman–Crippen LogP) is 8.13. The van der Waals surface area contributed by atoms with Gasteiger partial charge in [0.1, 0.15) is 0 Å². The maximum absolute atomic E-state index is 10.2. The molecule has 0 bridgehead atoms. The van der Waals surface area contributed by atoms with Crippen molar-refractivity contribution in [1.29, 1.82) is 0 Å². The van der Waals surface area contributed by atoms with Crippen molar-refractivity contribution in [3.8, 4) is 0 Å². The molecule has 0 unspecified atom stereocenters. The third kappa shape index (κ3) is 22.6. The molecule has 0 fully saturated rings. The average Bonchev–Trinajstić information content (AvgIpc) is 3.62. The molecule has 0 spiro atoms. The monoisotopic (exact) mass is 994 g/mol. The first-order chi connectivity index (χ1) is 23.0. The van der Waals surface area contributed by atoms with Crippen LogP contribution in [-0.2, 0) is 26.2 Å². The second-order valence-electron chi connectivity index (χ2n) is 14.4. The van der Waals surface area contributed by atoms with Crippen LogP contribution >= 0.6 is 75.9 Å². The molecule has 0 aromatic carbocycles. The van der Waals surface area contributed by atoms with Crippen LogP contribution in [0.5, 0.6) is 0 Å². The minimum absolute atomic E-state index is 0.250. The van der Waals surface area contributed by atoms with E-state index in [2.05, 4.69) is 84.1 Å². The van der Waals surface area contributed by atoms with Crippen LogP contribution in [0, 0.1) is 27.7 Å². The number of hydrogen-bond donors (Lipinski definition) is 4. The minimum atomic E-state index is -0.712. The molecule has 18 heteroatoms. The van der Waals surface area contributed by atoms with Crippen molar-refractivity contribution in [2.75, 3.05) is 6.26 Å². The van der Waals surface area contributed by atoms with Crippen LogP contribution in [0.15, 0.2) is 42.7 Å². The summed E-state index contributed by atoms with van der Waals surface area (Å²) in [6, 6.07) is 0. The first kappa shape index (κ1) is 49.9. The molecule has 51 heavy (non-hydrogen) atoms. The Balaban J connectivity index is 0.000000636. The number of aryl methyl sites for hydroxylation is 2. The highest BCUT2D eigenvalue weighted by atomic mass is 79.9. The van der Waals surface area contributed by atoms with E-state index >= 15 is 0 Å². The highest BCUT2D eigenvalue weighted by Crippen LogP contribution is 2.18. The van der Waals surface area contributed by atoms with Crippen LogP contribution in [0.25, 0.3) is 0 Å². The van der Waals surface area contributed by atoms with Gasteiger partial charge < -0.3 is 20.4 Å². The Bertz CT molecular complexity index is 1440. The van der Waals surface area contributed by atoms with E-state index < -0.39 is 22.4 Å². The Morgan fingerprint density at radius 1 is 0.569 bits per heavy atom. The molecule has 4 rings (SSSR count). The molecule has 12 nitrogen and oxygen atoms in total. The van der Waals surface area contributed by atoms with Crippen molar-refractivity contribution in [2.45, 2.75) is 132 Å². The van der Waals surface area contributed by atoms with Crippen molar-refractivity contribution in [2.24, 2.45) is 0 Å². The number of halogens is 5. The molecule has 4 aromatic rings. The Labute approximate surface area is 340 Å². The van der Waals surface area contributed by atoms with Crippen LogP contribution in [0.4, 0.5) is 3.89 Å². The van der Waals surface area contributed by atoms with Crippen LogP contribution < -0.4 is 0 Å². The fourth-order valence-corrected chi connectivity index (χ4v) is 5.07. The molecule has 4 heterocycles. The molecule has 0 saturated heterocycles. The Morgan fingerprint density at radius 2 is 0.824 bits per heavy atom. The number of aromatic nitrogens is 8. The molecule has 0 radical (unpaired) electrons. The van der Waals surface area contributed by atoms with Gasteiger partial charge in [-0.05, 0) is 147 Å². The number of hydrogen-bond acceptors (Lipinski definition) is 9. The maximum Gasteiger partial charge on any atom is 0.0786 e. The second-order valence-corrected chi connectivity index (χ2v) is 18.1. The summed E-state index contributed by atoms with van der Waals surface area (Å²) in [6.45, 7) is 23.9. The number of aliphatic hydroxyl groups is 4. The fraction of sp³-hybridized carbons (Fsp3) is 0.636. The fourth-order valence-electron chi connectivity index (χ4n) is 3.84. The lowest BCUT2D eigenvalue weighted by Gasteiger charge is -2.17. The van der Waals surface area contributed by atoms with Crippen LogP contribution in [-0.4, -0.2) is 88.2 Å². The normalized spacial score (nSPS) is 11.7. The summed E-state index contributed by atoms with van der Waals surface area (Å²) in [6.07, 6.45) is 8.59. The summed E-state index contributed by atoms with van der Waals surface area (Å²) in [7, 11) is 0. The minimum Gasteiger partial charge on any atom is -0.389 e. The molecule has 0 amide bonds. The standard InChI is InChI=1S/4C8H13BrN2O.CH3FS/c2*1-6-7(9)4-11(10-6)5-8(2,3)12;2*1-6-7(9)4-10-11(6)5-8(2,3)12;1-3-2/h4*4,12H,5H2,1-3H3;1H3. The van der Waals surface area contributed by atoms with E-state index in [1.807, 2.05) is 40.1 Å². The van der Waals surface area contributed by atoms with E-state index in [0.717, 1.165) is 40.7 Å². The van der Waals surface area contributed by atoms with E-state index in [1.54, 1.807) is 86.5 Å². The number of rotatable bonds is 8. The van der Waals surface area contributed by atoms with Gasteiger partial charge in [-0.25, -0.2) is 0 Å². The highest BCUT2D eigenvalue weighted by Gasteiger charge is 2.18. The maximum atomic E-state index is 10.2. The van der Waals surface area contributed by atoms with E-state index in [9.17, 15) is 24.3 Å². The smallest absolute Gasteiger partial charge is 0.0786 e. The lowest BCUT2D eigenvalue weighted by molar-refractivity contribution is 0.0564. The van der Waals surface area contributed by atoms with Crippen LogP contribution in [0.2, 0.25) is 0 Å². The van der Waals surface area contributed by atoms with Gasteiger partial charge in [0.15, 0.2) is 0 Å². The van der Waals surface area contributed by atoms with Gasteiger partial charge in [0.25, 0.3) is 0 Å². The Morgan fingerprint density at radius 3 is 0.980 bits per heavy atom. The molecule has 0 saturated carbocycles. The molecular formula is C33H55Br4FN8O4S. The molecule has 292 valence electrons. The Hall–Kier alpha value is -1.12. The summed E-state index contributed by atoms with van der Waals surface area (Å²) < 4.78 is 21.2. The molecule has 0 aliphatic rings. The van der Waals surface area contributed by atoms with Crippen LogP contribution in [0.3, 0.4) is 0 Å². The molecule has 4 aromatic heterocycles. The van der Waals surface area contributed by atoms with E-state index in [0.29, 0.717) is 26.2 Å². The van der Waals surface area contributed by atoms with Gasteiger partial charge >= 0.3 is 0 Å². The van der Waals surface area contributed by atoms with E-state index in [1.165, 1.54) is 6.26 Å². The van der Waals surface area contributed by atoms with Crippen molar-refractivity contribution in [1.82, 2.24) is 39.1 Å². The second kappa shape index (κ2) is 21.7. The number of nitrogens with zero attached hydrogens (tertiary/aromatic N) is 8. The zero-order chi connectivity index (χ0) is 40.1. The Kier molecular flexibility index (Phi) is 21.2. The third-order valence-corrected chi connectivity index (χ3v) is 9.15. The first-order valence-electron chi connectivity index (χ1n) is 15.8. The van der Waals surface area contributed by atoms with Gasteiger partial charge in [0.2, 0.25) is 0 Å². The SMILES string of the molecule is CSF.Cc1c(Br)cnn1CC(C)(C)O.Cc1c(Br)cnn1CC(C)(C)O.Cc1nn(CC(C)(C)O)cc1Br.Cc1nn(CC(C)(C)O)cc1Br. The van der Waals surface area contributed by atoms with Gasteiger partial charge in [-0.15, -0.1) is 0 Å². The molecule has 4 N–H and O–H groups in total. The average molecular weight is 999 g/mol. The quantitative estimate of drug-likeness (QED) is 0.137. The zero-order valence-electron chi connectivity index (χ0n) is 31.8. The molecule has 0 aliphatic heterocycles. The van der Waals surface area contributed by atoms with Crippen molar-refractivity contribution < 1.29 is 24.3 Å². The summed E-state index contributed by atoms with van der Waals surface area (Å²) >= 11 is 13.7. The molecule has 0 atom stereocenters. The predicted molar refractivity (Wildman–Crippen MR) is 218 cm³/mol. The van der Waals surface area contributed by atoms with Crippen molar-refractivity contribution >= 4 is 75.9 Å². The van der Waals surface area contributed by atoms with Gasteiger partial charge in [0, 0.05) is 42.2 Å². The third-order valence-electron chi connectivity index (χ3n) is 6.03.